The third-order valence-electron chi connectivity index (χ3n) is 5.99. The molecular weight excluding hydrogens is 566 g/mol. The van der Waals surface area contributed by atoms with Crippen LogP contribution in [0.25, 0.3) is 5.65 Å². The van der Waals surface area contributed by atoms with Crippen LogP contribution in [0.2, 0.25) is 5.02 Å². The molecule has 2 aromatic heterocycles. The molecule has 1 aliphatic rings. The van der Waals surface area contributed by atoms with Crippen molar-refractivity contribution in [3.8, 4) is 0 Å². The molecule has 39 heavy (non-hydrogen) atoms. The van der Waals surface area contributed by atoms with Crippen molar-refractivity contribution in [2.24, 2.45) is 5.10 Å². The number of hydrogen-bond donors (Lipinski definition) is 1. The van der Waals surface area contributed by atoms with Crippen LogP contribution in [0.15, 0.2) is 35.6 Å². The van der Waals surface area contributed by atoms with E-state index in [0.29, 0.717) is 40.4 Å². The second-order valence-corrected chi connectivity index (χ2v) is 11.1. The fourth-order valence-electron chi connectivity index (χ4n) is 3.99. The van der Waals surface area contributed by atoms with Gasteiger partial charge < -0.3 is 10.2 Å². The number of nitrogens with zero attached hydrogens (tertiary/aromatic N) is 6. The predicted molar refractivity (Wildman–Crippen MR) is 139 cm³/mol. The van der Waals surface area contributed by atoms with Gasteiger partial charge in [-0.15, -0.1) is 0 Å². The van der Waals surface area contributed by atoms with E-state index in [1.807, 2.05) is 25.9 Å². The molecule has 0 saturated heterocycles. The van der Waals surface area contributed by atoms with E-state index in [0.717, 1.165) is 16.8 Å². The number of sulfonamides is 1. The number of alkyl halides is 3. The summed E-state index contributed by atoms with van der Waals surface area (Å²) in [5.74, 6) is -1.19. The largest absolute Gasteiger partial charge is 0.516 e. The van der Waals surface area contributed by atoms with Crippen LogP contribution in [0.3, 0.4) is 0 Å². The van der Waals surface area contributed by atoms with Crippen LogP contribution in [0.4, 0.5) is 28.9 Å². The van der Waals surface area contributed by atoms with Crippen LogP contribution in [0, 0.1) is 5.82 Å². The molecule has 3 heterocycles. The van der Waals surface area contributed by atoms with E-state index in [4.69, 9.17) is 11.6 Å². The minimum absolute atomic E-state index is 0.0309. The fraction of sp³-hybridized carbons (Fsp3) is 0.348. The number of aryl methyl sites for hydroxylation is 1. The van der Waals surface area contributed by atoms with E-state index in [9.17, 15) is 30.8 Å². The van der Waals surface area contributed by atoms with Crippen molar-refractivity contribution in [1.82, 2.24) is 19.0 Å². The summed E-state index contributed by atoms with van der Waals surface area (Å²) in [5.41, 5.74) is -2.97. The molecule has 3 aromatic rings. The molecular formula is C23H24ClF4N7O3S. The summed E-state index contributed by atoms with van der Waals surface area (Å²) in [5, 5.41) is 7.88. The number of benzene rings is 1. The SMILES string of the molecule is CCc1nc2cc(N(C)C)c(Cl)cn2c1C(=O)NCc1ccc(N2CCN(S(=O)(=O)C(F)(F)F)C=N2)c(F)c1. The molecule has 0 radical (unpaired) electrons. The van der Waals surface area contributed by atoms with E-state index >= 15 is 0 Å². The summed E-state index contributed by atoms with van der Waals surface area (Å²) in [6.45, 7) is 0.964. The van der Waals surface area contributed by atoms with Gasteiger partial charge in [0.05, 0.1) is 35.2 Å². The highest BCUT2D eigenvalue weighted by molar-refractivity contribution is 7.90. The highest BCUT2D eigenvalue weighted by Crippen LogP contribution is 2.29. The van der Waals surface area contributed by atoms with Gasteiger partial charge in [0.25, 0.3) is 5.91 Å². The van der Waals surface area contributed by atoms with Crippen LogP contribution >= 0.6 is 11.6 Å². The van der Waals surface area contributed by atoms with Crippen LogP contribution in [-0.2, 0) is 23.0 Å². The second-order valence-electron chi connectivity index (χ2n) is 8.77. The average molecular weight is 590 g/mol. The van der Waals surface area contributed by atoms with Gasteiger partial charge in [-0.2, -0.15) is 26.7 Å². The summed E-state index contributed by atoms with van der Waals surface area (Å²) < 4.78 is 77.8. The molecule has 0 bridgehead atoms. The maximum atomic E-state index is 14.9. The smallest absolute Gasteiger partial charge is 0.376 e. The normalized spacial score (nSPS) is 14.3. The minimum atomic E-state index is -5.58. The number of carbonyl (C=O) groups excluding carboxylic acids is 1. The lowest BCUT2D eigenvalue weighted by Crippen LogP contribution is -2.46. The Kier molecular flexibility index (Phi) is 7.67. The number of anilines is 2. The number of halogens is 5. The van der Waals surface area contributed by atoms with Crippen LogP contribution in [0.1, 0.15) is 28.7 Å². The monoisotopic (exact) mass is 589 g/mol. The average Bonchev–Trinajstić information content (AvgIpc) is 3.23. The standard InChI is InChI=1S/C23H24ClF4N7O3S/c1-4-17-21(34-12-15(24)19(32(2)3)10-20(34)31-17)22(36)29-11-14-5-6-18(16(25)9-14)35-8-7-33(13-30-35)39(37,38)23(26,27)28/h5-6,9-10,12-13H,4,7-8,11H2,1-3H3,(H,29,36). The molecule has 1 N–H and O–H groups in total. The lowest BCUT2D eigenvalue weighted by Gasteiger charge is -2.29. The molecule has 1 aliphatic heterocycles. The van der Waals surface area contributed by atoms with E-state index in [1.54, 1.807) is 16.7 Å². The molecule has 1 aromatic carbocycles. The molecule has 0 saturated carbocycles. The summed E-state index contributed by atoms with van der Waals surface area (Å²) in [6.07, 6.45) is 2.59. The first kappa shape index (κ1) is 28.4. The van der Waals surface area contributed by atoms with Crippen molar-refractivity contribution in [2.45, 2.75) is 25.4 Å². The zero-order valence-corrected chi connectivity index (χ0v) is 22.6. The Morgan fingerprint density at radius 1 is 1.21 bits per heavy atom. The first-order chi connectivity index (χ1) is 18.2. The zero-order chi connectivity index (χ0) is 28.7. The number of nitrogens with one attached hydrogen (secondary N) is 1. The first-order valence-corrected chi connectivity index (χ1v) is 13.4. The Balaban J connectivity index is 1.49. The van der Waals surface area contributed by atoms with Gasteiger partial charge in [0.1, 0.15) is 23.5 Å². The number of aromatic nitrogens is 2. The molecule has 0 unspecified atom stereocenters. The van der Waals surface area contributed by atoms with Gasteiger partial charge in [-0.05, 0) is 24.1 Å². The predicted octanol–water partition coefficient (Wildman–Crippen LogP) is 3.60. The Bertz CT molecular complexity index is 1560. The van der Waals surface area contributed by atoms with Crippen LogP contribution in [-0.4, -0.2) is 67.0 Å². The maximum Gasteiger partial charge on any atom is 0.516 e. The van der Waals surface area contributed by atoms with E-state index in [1.165, 1.54) is 12.1 Å². The Morgan fingerprint density at radius 2 is 1.92 bits per heavy atom. The number of amides is 1. The highest BCUT2D eigenvalue weighted by Gasteiger charge is 2.50. The molecule has 16 heteroatoms. The van der Waals surface area contributed by atoms with Gasteiger partial charge in [-0.3, -0.25) is 14.2 Å². The number of fused-ring (bicyclic) bond motifs is 1. The number of rotatable bonds is 7. The summed E-state index contributed by atoms with van der Waals surface area (Å²) in [4.78, 5) is 19.5. The third kappa shape index (κ3) is 5.45. The van der Waals surface area contributed by atoms with E-state index < -0.39 is 33.8 Å². The van der Waals surface area contributed by atoms with Gasteiger partial charge in [0.15, 0.2) is 0 Å². The molecule has 4 rings (SSSR count). The van der Waals surface area contributed by atoms with Gasteiger partial charge in [0, 0.05) is 32.9 Å². The Hall–Kier alpha value is -3.59. The molecule has 0 fully saturated rings. The van der Waals surface area contributed by atoms with Gasteiger partial charge in [0.2, 0.25) is 0 Å². The topological polar surface area (TPSA) is 103 Å². The maximum absolute atomic E-state index is 14.9. The van der Waals surface area contributed by atoms with Crippen molar-refractivity contribution in [2.75, 3.05) is 37.1 Å². The van der Waals surface area contributed by atoms with Crippen molar-refractivity contribution >= 4 is 50.9 Å². The minimum Gasteiger partial charge on any atom is -0.376 e. The lowest BCUT2D eigenvalue weighted by molar-refractivity contribution is -0.0471. The molecule has 0 aliphatic carbocycles. The van der Waals surface area contributed by atoms with Crippen LogP contribution in [0.5, 0.6) is 0 Å². The quantitative estimate of drug-likeness (QED) is 0.423. The highest BCUT2D eigenvalue weighted by atomic mass is 35.5. The Labute approximate surface area is 226 Å². The van der Waals surface area contributed by atoms with Crippen molar-refractivity contribution in [3.05, 3.63) is 58.3 Å². The van der Waals surface area contributed by atoms with Gasteiger partial charge in [-0.1, -0.05) is 24.6 Å². The fourth-order valence-corrected chi connectivity index (χ4v) is 5.07. The number of hydrogen-bond acceptors (Lipinski definition) is 7. The van der Waals surface area contributed by atoms with E-state index in [-0.39, 0.29) is 23.1 Å². The van der Waals surface area contributed by atoms with Crippen molar-refractivity contribution in [3.63, 3.8) is 0 Å². The summed E-state index contributed by atoms with van der Waals surface area (Å²) in [7, 11) is -1.90. The van der Waals surface area contributed by atoms with Crippen LogP contribution < -0.4 is 15.2 Å². The van der Waals surface area contributed by atoms with Crippen molar-refractivity contribution < 1.29 is 30.8 Å². The second kappa shape index (κ2) is 10.5. The number of imidazole rings is 1. The molecule has 10 nitrogen and oxygen atoms in total. The van der Waals surface area contributed by atoms with Gasteiger partial charge in [-0.25, -0.2) is 13.7 Å². The number of pyridine rings is 1. The first-order valence-electron chi connectivity index (χ1n) is 11.6. The van der Waals surface area contributed by atoms with Crippen molar-refractivity contribution in [1.29, 1.82) is 0 Å². The van der Waals surface area contributed by atoms with E-state index in [2.05, 4.69) is 15.4 Å². The molecule has 0 atom stereocenters. The molecule has 0 spiro atoms. The molecule has 210 valence electrons. The summed E-state index contributed by atoms with van der Waals surface area (Å²) in [6, 6.07) is 5.78. The number of hydrazone groups is 1. The van der Waals surface area contributed by atoms with Gasteiger partial charge >= 0.3 is 15.5 Å². The third-order valence-corrected chi connectivity index (χ3v) is 7.76. The lowest BCUT2D eigenvalue weighted by atomic mass is 10.1. The number of carbonyl (C=O) groups is 1. The zero-order valence-electron chi connectivity index (χ0n) is 21.0. The Morgan fingerprint density at radius 3 is 2.49 bits per heavy atom. The molecule has 1 amide bonds. The summed E-state index contributed by atoms with van der Waals surface area (Å²) >= 11 is 6.39.